The summed E-state index contributed by atoms with van der Waals surface area (Å²) in [5.74, 6) is -1.47. The molecule has 0 aliphatic rings. The molecule has 1 aromatic carbocycles. The van der Waals surface area contributed by atoms with Gasteiger partial charge >= 0.3 is 5.97 Å². The standard InChI is InChI=1S/C13H14INO3/c1-7-6-10(14)4-5-11(7)15-12(16)8(2)9(3)13(17)18/h4-6H,1-3H3,(H,15,16)(H,17,18). The van der Waals surface area contributed by atoms with Crippen molar-refractivity contribution in [3.05, 3.63) is 38.5 Å². The van der Waals surface area contributed by atoms with Gasteiger partial charge in [0.2, 0.25) is 0 Å². The molecular weight excluding hydrogens is 345 g/mol. The van der Waals surface area contributed by atoms with Gasteiger partial charge in [0.15, 0.2) is 0 Å². The Hall–Kier alpha value is -1.37. The minimum atomic E-state index is -1.08. The Labute approximate surface area is 119 Å². The van der Waals surface area contributed by atoms with Crippen LogP contribution in [0.5, 0.6) is 0 Å². The van der Waals surface area contributed by atoms with Crippen LogP contribution in [0.2, 0.25) is 0 Å². The van der Waals surface area contributed by atoms with Gasteiger partial charge in [0.05, 0.1) is 0 Å². The summed E-state index contributed by atoms with van der Waals surface area (Å²) < 4.78 is 1.08. The fourth-order valence-corrected chi connectivity index (χ4v) is 1.96. The number of benzene rings is 1. The number of anilines is 1. The van der Waals surface area contributed by atoms with Crippen molar-refractivity contribution in [3.8, 4) is 0 Å². The average Bonchev–Trinajstić information content (AvgIpc) is 2.30. The van der Waals surface area contributed by atoms with Crippen molar-refractivity contribution >= 4 is 40.2 Å². The first-order valence-electron chi connectivity index (χ1n) is 5.31. The van der Waals surface area contributed by atoms with E-state index in [1.807, 2.05) is 19.1 Å². The molecule has 1 aromatic rings. The number of aryl methyl sites for hydroxylation is 1. The van der Waals surface area contributed by atoms with Gasteiger partial charge in [-0.15, -0.1) is 0 Å². The lowest BCUT2D eigenvalue weighted by Crippen LogP contribution is -2.16. The number of carboxylic acid groups (broad SMARTS) is 1. The first kappa shape index (κ1) is 14.7. The smallest absolute Gasteiger partial charge is 0.331 e. The van der Waals surface area contributed by atoms with Crippen molar-refractivity contribution in [1.82, 2.24) is 0 Å². The molecule has 0 aliphatic carbocycles. The Morgan fingerprint density at radius 3 is 2.33 bits per heavy atom. The number of nitrogens with one attached hydrogen (secondary N) is 1. The van der Waals surface area contributed by atoms with Crippen LogP contribution >= 0.6 is 22.6 Å². The van der Waals surface area contributed by atoms with Gasteiger partial charge in [0.25, 0.3) is 5.91 Å². The van der Waals surface area contributed by atoms with Gasteiger partial charge in [-0.05, 0) is 67.1 Å². The molecule has 2 N–H and O–H groups in total. The molecule has 0 saturated heterocycles. The van der Waals surface area contributed by atoms with Crippen LogP contribution in [-0.4, -0.2) is 17.0 Å². The molecule has 0 fully saturated rings. The van der Waals surface area contributed by atoms with Gasteiger partial charge in [-0.3, -0.25) is 4.79 Å². The van der Waals surface area contributed by atoms with E-state index in [0.29, 0.717) is 5.69 Å². The van der Waals surface area contributed by atoms with E-state index in [0.717, 1.165) is 9.13 Å². The normalized spacial score (nSPS) is 11.8. The molecule has 0 spiro atoms. The predicted octanol–water partition coefficient (Wildman–Crippen LogP) is 2.96. The summed E-state index contributed by atoms with van der Waals surface area (Å²) in [6, 6.07) is 5.63. The average molecular weight is 359 g/mol. The second-order valence-electron chi connectivity index (χ2n) is 3.97. The summed E-state index contributed by atoms with van der Waals surface area (Å²) >= 11 is 2.19. The lowest BCUT2D eigenvalue weighted by molar-refractivity contribution is -0.133. The SMILES string of the molecule is CC(C(=O)O)=C(C)C(=O)Nc1ccc(I)cc1C. The van der Waals surface area contributed by atoms with Crippen LogP contribution < -0.4 is 5.32 Å². The Morgan fingerprint density at radius 2 is 1.83 bits per heavy atom. The zero-order chi connectivity index (χ0) is 13.9. The molecule has 4 nitrogen and oxygen atoms in total. The molecule has 0 saturated carbocycles. The Morgan fingerprint density at radius 1 is 1.22 bits per heavy atom. The molecule has 0 atom stereocenters. The maximum atomic E-state index is 11.9. The third-order valence-corrected chi connectivity index (χ3v) is 3.33. The lowest BCUT2D eigenvalue weighted by atomic mass is 10.1. The molecule has 1 rings (SSSR count). The van der Waals surface area contributed by atoms with E-state index < -0.39 is 5.97 Å². The second kappa shape index (κ2) is 5.99. The van der Waals surface area contributed by atoms with Gasteiger partial charge in [-0.2, -0.15) is 0 Å². The van der Waals surface area contributed by atoms with Crippen molar-refractivity contribution in [2.75, 3.05) is 5.32 Å². The number of amides is 1. The molecular formula is C13H14INO3. The van der Waals surface area contributed by atoms with E-state index in [-0.39, 0.29) is 17.1 Å². The highest BCUT2D eigenvalue weighted by atomic mass is 127. The van der Waals surface area contributed by atoms with E-state index in [1.165, 1.54) is 13.8 Å². The molecule has 1 amide bonds. The van der Waals surface area contributed by atoms with Gasteiger partial charge in [-0.1, -0.05) is 0 Å². The van der Waals surface area contributed by atoms with Crippen LogP contribution in [0, 0.1) is 10.5 Å². The summed E-state index contributed by atoms with van der Waals surface area (Å²) in [6.07, 6.45) is 0. The predicted molar refractivity (Wildman–Crippen MR) is 78.5 cm³/mol. The minimum Gasteiger partial charge on any atom is -0.478 e. The van der Waals surface area contributed by atoms with E-state index >= 15 is 0 Å². The van der Waals surface area contributed by atoms with Crippen LogP contribution in [0.25, 0.3) is 0 Å². The fraction of sp³-hybridized carbons (Fsp3) is 0.231. The summed E-state index contributed by atoms with van der Waals surface area (Å²) in [5.41, 5.74) is 1.89. The fourth-order valence-electron chi connectivity index (χ4n) is 1.31. The minimum absolute atomic E-state index is 0.0515. The van der Waals surface area contributed by atoms with Gasteiger partial charge in [0.1, 0.15) is 0 Å². The third-order valence-electron chi connectivity index (χ3n) is 2.66. The third kappa shape index (κ3) is 3.56. The number of carboxylic acids is 1. The zero-order valence-electron chi connectivity index (χ0n) is 10.4. The number of carbonyl (C=O) groups is 2. The van der Waals surface area contributed by atoms with Crippen LogP contribution in [0.1, 0.15) is 19.4 Å². The van der Waals surface area contributed by atoms with Crippen LogP contribution in [0.3, 0.4) is 0 Å². The van der Waals surface area contributed by atoms with Crippen LogP contribution in [-0.2, 0) is 9.59 Å². The van der Waals surface area contributed by atoms with Crippen molar-refractivity contribution in [1.29, 1.82) is 0 Å². The molecule has 0 radical (unpaired) electrons. The lowest BCUT2D eigenvalue weighted by Gasteiger charge is -2.10. The van der Waals surface area contributed by atoms with Crippen molar-refractivity contribution in [2.45, 2.75) is 20.8 Å². The van der Waals surface area contributed by atoms with E-state index in [9.17, 15) is 9.59 Å². The summed E-state index contributed by atoms with van der Waals surface area (Å²) in [7, 11) is 0. The Balaban J connectivity index is 2.95. The Kier molecular flexibility index (Phi) is 4.89. The number of halogens is 1. The highest BCUT2D eigenvalue weighted by Gasteiger charge is 2.13. The number of hydrogen-bond acceptors (Lipinski definition) is 2. The number of rotatable bonds is 3. The Bertz CT molecular complexity index is 535. The molecule has 0 aromatic heterocycles. The molecule has 18 heavy (non-hydrogen) atoms. The maximum absolute atomic E-state index is 11.9. The number of carbonyl (C=O) groups excluding carboxylic acids is 1. The van der Waals surface area contributed by atoms with Crippen molar-refractivity contribution in [3.63, 3.8) is 0 Å². The largest absolute Gasteiger partial charge is 0.478 e. The van der Waals surface area contributed by atoms with E-state index in [1.54, 1.807) is 6.07 Å². The summed E-state index contributed by atoms with van der Waals surface area (Å²) in [6.45, 7) is 4.81. The maximum Gasteiger partial charge on any atom is 0.331 e. The molecule has 0 bridgehead atoms. The quantitative estimate of drug-likeness (QED) is 0.644. The summed E-state index contributed by atoms with van der Waals surface area (Å²) in [4.78, 5) is 22.6. The van der Waals surface area contributed by atoms with Gasteiger partial charge in [0, 0.05) is 20.4 Å². The monoisotopic (exact) mass is 359 g/mol. The molecule has 5 heteroatoms. The molecule has 96 valence electrons. The first-order valence-corrected chi connectivity index (χ1v) is 6.39. The zero-order valence-corrected chi connectivity index (χ0v) is 12.5. The molecule has 0 heterocycles. The van der Waals surface area contributed by atoms with Crippen molar-refractivity contribution < 1.29 is 14.7 Å². The van der Waals surface area contributed by atoms with Crippen LogP contribution in [0.4, 0.5) is 5.69 Å². The van der Waals surface area contributed by atoms with E-state index in [2.05, 4.69) is 27.9 Å². The van der Waals surface area contributed by atoms with Crippen molar-refractivity contribution in [2.24, 2.45) is 0 Å². The van der Waals surface area contributed by atoms with Gasteiger partial charge in [-0.25, -0.2) is 4.79 Å². The molecule has 0 unspecified atom stereocenters. The second-order valence-corrected chi connectivity index (χ2v) is 5.21. The highest BCUT2D eigenvalue weighted by Crippen LogP contribution is 2.18. The topological polar surface area (TPSA) is 66.4 Å². The van der Waals surface area contributed by atoms with Crippen LogP contribution in [0.15, 0.2) is 29.3 Å². The number of aliphatic carboxylic acids is 1. The van der Waals surface area contributed by atoms with E-state index in [4.69, 9.17) is 5.11 Å². The number of hydrogen-bond donors (Lipinski definition) is 2. The highest BCUT2D eigenvalue weighted by molar-refractivity contribution is 14.1. The van der Waals surface area contributed by atoms with Gasteiger partial charge < -0.3 is 10.4 Å². The first-order chi connectivity index (χ1) is 8.32. The molecule has 0 aliphatic heterocycles. The summed E-state index contributed by atoms with van der Waals surface area (Å²) in [5, 5.41) is 11.5.